The van der Waals surface area contributed by atoms with E-state index < -0.39 is 0 Å². The van der Waals surface area contributed by atoms with Crippen LogP contribution in [0.5, 0.6) is 0 Å². The van der Waals surface area contributed by atoms with Crippen molar-refractivity contribution in [2.75, 3.05) is 11.4 Å². The summed E-state index contributed by atoms with van der Waals surface area (Å²) in [6, 6.07) is 14.4. The second-order valence-electron chi connectivity index (χ2n) is 5.84. The van der Waals surface area contributed by atoms with Gasteiger partial charge in [0.05, 0.1) is 22.4 Å². The third-order valence-corrected chi connectivity index (χ3v) is 5.38. The van der Waals surface area contributed by atoms with Gasteiger partial charge in [-0.2, -0.15) is 0 Å². The predicted octanol–water partition coefficient (Wildman–Crippen LogP) is 3.58. The molecule has 0 saturated heterocycles. The summed E-state index contributed by atoms with van der Waals surface area (Å²) in [5.41, 5.74) is 3.43. The number of thiophene rings is 1. The Morgan fingerprint density at radius 2 is 1.88 bits per heavy atom. The normalized spacial score (nSPS) is 14.1. The summed E-state index contributed by atoms with van der Waals surface area (Å²) in [7, 11) is 0. The highest BCUT2D eigenvalue weighted by Gasteiger charge is 2.23. The fraction of sp³-hybridized carbons (Fsp3) is 0.167. The smallest absolute Gasteiger partial charge is 0.164 e. The molecule has 1 aromatic carbocycles. The fourth-order valence-corrected chi connectivity index (χ4v) is 4.17. The zero-order chi connectivity index (χ0) is 15.9. The van der Waals surface area contributed by atoms with Gasteiger partial charge in [0.1, 0.15) is 0 Å². The molecular weight excluding hydrogens is 318 g/mol. The zero-order valence-corrected chi connectivity index (χ0v) is 13.8. The van der Waals surface area contributed by atoms with Crippen molar-refractivity contribution >= 4 is 27.2 Å². The van der Waals surface area contributed by atoms with Crippen LogP contribution in [-0.2, 0) is 13.1 Å². The highest BCUT2D eigenvalue weighted by atomic mass is 32.1. The van der Waals surface area contributed by atoms with Crippen molar-refractivity contribution in [2.24, 2.45) is 0 Å². The van der Waals surface area contributed by atoms with E-state index in [1.807, 2.05) is 24.4 Å². The van der Waals surface area contributed by atoms with Gasteiger partial charge in [-0.15, -0.1) is 21.5 Å². The van der Waals surface area contributed by atoms with Crippen molar-refractivity contribution in [1.82, 2.24) is 19.7 Å². The molecule has 5 nitrogen and oxygen atoms in total. The molecular formula is C18H15N5S. The van der Waals surface area contributed by atoms with E-state index in [0.29, 0.717) is 0 Å². The number of fused-ring (bicyclic) bond motifs is 2. The molecule has 1 aliphatic heterocycles. The Kier molecular flexibility index (Phi) is 3.09. The van der Waals surface area contributed by atoms with Crippen LogP contribution in [0.3, 0.4) is 0 Å². The average Bonchev–Trinajstić information content (AvgIpc) is 3.28. The van der Waals surface area contributed by atoms with Gasteiger partial charge in [-0.25, -0.2) is 0 Å². The molecule has 0 spiro atoms. The first-order chi connectivity index (χ1) is 11.9. The van der Waals surface area contributed by atoms with Crippen LogP contribution in [0.15, 0.2) is 54.0 Å². The van der Waals surface area contributed by atoms with Crippen molar-refractivity contribution < 1.29 is 0 Å². The van der Waals surface area contributed by atoms with E-state index in [9.17, 15) is 0 Å². The van der Waals surface area contributed by atoms with E-state index in [2.05, 4.69) is 54.3 Å². The number of hydrogen-bond acceptors (Lipinski definition) is 5. The van der Waals surface area contributed by atoms with Crippen LogP contribution in [-0.4, -0.2) is 26.3 Å². The van der Waals surface area contributed by atoms with E-state index in [4.69, 9.17) is 0 Å². The van der Waals surface area contributed by atoms with E-state index in [0.717, 1.165) is 42.4 Å². The molecule has 0 amide bonds. The number of rotatable bonds is 2. The number of nitrogens with zero attached hydrogens (tertiary/aromatic N) is 5. The molecule has 0 unspecified atom stereocenters. The highest BCUT2D eigenvalue weighted by Crippen LogP contribution is 2.32. The monoisotopic (exact) mass is 333 g/mol. The molecule has 1 aliphatic rings. The lowest BCUT2D eigenvalue weighted by molar-refractivity contribution is 0.565. The van der Waals surface area contributed by atoms with Crippen LogP contribution in [0.25, 0.3) is 21.6 Å². The minimum absolute atomic E-state index is 0.775. The minimum atomic E-state index is 0.775. The van der Waals surface area contributed by atoms with Crippen LogP contribution in [0.1, 0.15) is 5.82 Å². The maximum atomic E-state index is 4.44. The lowest BCUT2D eigenvalue weighted by Gasteiger charge is -2.30. The van der Waals surface area contributed by atoms with Crippen molar-refractivity contribution in [3.8, 4) is 11.4 Å². The number of benzene rings is 1. The van der Waals surface area contributed by atoms with Gasteiger partial charge in [-0.05, 0) is 17.5 Å². The molecule has 4 aromatic rings. The molecule has 0 aliphatic carbocycles. The van der Waals surface area contributed by atoms with Crippen molar-refractivity contribution in [2.45, 2.75) is 13.1 Å². The van der Waals surface area contributed by atoms with Gasteiger partial charge in [0.15, 0.2) is 11.6 Å². The van der Waals surface area contributed by atoms with E-state index in [1.54, 1.807) is 11.3 Å². The third kappa shape index (κ3) is 2.11. The first-order valence-corrected chi connectivity index (χ1v) is 8.83. The molecule has 0 saturated carbocycles. The summed E-state index contributed by atoms with van der Waals surface area (Å²) < 4.78 is 3.48. The number of pyridine rings is 1. The largest absolute Gasteiger partial charge is 0.361 e. The zero-order valence-electron chi connectivity index (χ0n) is 13.0. The van der Waals surface area contributed by atoms with Crippen molar-refractivity contribution in [3.63, 3.8) is 0 Å². The van der Waals surface area contributed by atoms with E-state index in [-0.39, 0.29) is 0 Å². The summed E-state index contributed by atoms with van der Waals surface area (Å²) in [4.78, 5) is 6.81. The predicted molar refractivity (Wildman–Crippen MR) is 96.1 cm³/mol. The van der Waals surface area contributed by atoms with Gasteiger partial charge in [0.25, 0.3) is 0 Å². The van der Waals surface area contributed by atoms with Gasteiger partial charge in [0.2, 0.25) is 0 Å². The topological polar surface area (TPSA) is 46.8 Å². The molecule has 0 radical (unpaired) electrons. The molecule has 0 N–H and O–H groups in total. The number of hydrogen-bond donors (Lipinski definition) is 0. The van der Waals surface area contributed by atoms with Crippen LogP contribution in [0.2, 0.25) is 0 Å². The molecule has 4 heterocycles. The van der Waals surface area contributed by atoms with Crippen LogP contribution in [0, 0.1) is 0 Å². The number of anilines is 1. The second-order valence-corrected chi connectivity index (χ2v) is 6.76. The summed E-state index contributed by atoms with van der Waals surface area (Å²) in [6.07, 6.45) is 1.89. The first kappa shape index (κ1) is 13.7. The molecule has 5 rings (SSSR count). The lowest BCUT2D eigenvalue weighted by atomic mass is 10.2. The Labute approximate surface area is 143 Å². The Morgan fingerprint density at radius 1 is 0.958 bits per heavy atom. The molecule has 3 aromatic heterocycles. The van der Waals surface area contributed by atoms with Gasteiger partial charge < -0.3 is 9.47 Å². The summed E-state index contributed by atoms with van der Waals surface area (Å²) in [5, 5.41) is 11.0. The van der Waals surface area contributed by atoms with Gasteiger partial charge in [-0.1, -0.05) is 30.3 Å². The standard InChI is InChI=1S/C18H15N5S/c1-2-4-13(5-3-1)18-21-20-16-12-22(9-10-23(16)18)15-6-8-19-14-7-11-24-17(14)15/h1-8,11H,9-10,12H2. The fourth-order valence-electron chi connectivity index (χ4n) is 3.27. The Balaban J connectivity index is 1.52. The highest BCUT2D eigenvalue weighted by molar-refractivity contribution is 7.17. The van der Waals surface area contributed by atoms with Crippen LogP contribution >= 0.6 is 11.3 Å². The number of aromatic nitrogens is 4. The molecule has 0 bridgehead atoms. The first-order valence-electron chi connectivity index (χ1n) is 7.95. The van der Waals surface area contributed by atoms with Crippen molar-refractivity contribution in [1.29, 1.82) is 0 Å². The van der Waals surface area contributed by atoms with Gasteiger partial charge in [-0.3, -0.25) is 4.98 Å². The lowest BCUT2D eigenvalue weighted by Crippen LogP contribution is -2.34. The van der Waals surface area contributed by atoms with Crippen LogP contribution < -0.4 is 4.90 Å². The quantitative estimate of drug-likeness (QED) is 0.562. The van der Waals surface area contributed by atoms with Crippen molar-refractivity contribution in [3.05, 3.63) is 59.9 Å². The summed E-state index contributed by atoms with van der Waals surface area (Å²) in [5.74, 6) is 1.97. The maximum absolute atomic E-state index is 4.44. The minimum Gasteiger partial charge on any atom is -0.361 e. The van der Waals surface area contributed by atoms with E-state index >= 15 is 0 Å². The van der Waals surface area contributed by atoms with Gasteiger partial charge in [0, 0.05) is 24.8 Å². The summed E-state index contributed by atoms with van der Waals surface area (Å²) >= 11 is 1.74. The SMILES string of the molecule is c1ccc(-c2nnc3n2CCN(c2ccnc4ccsc24)C3)cc1. The molecule has 24 heavy (non-hydrogen) atoms. The molecule has 6 heteroatoms. The Hall–Kier alpha value is -2.73. The van der Waals surface area contributed by atoms with E-state index in [1.165, 1.54) is 10.4 Å². The second kappa shape index (κ2) is 5.42. The maximum Gasteiger partial charge on any atom is 0.164 e. The van der Waals surface area contributed by atoms with Gasteiger partial charge >= 0.3 is 0 Å². The Morgan fingerprint density at radius 3 is 2.79 bits per heavy atom. The Bertz CT molecular complexity index is 1000. The molecule has 0 fully saturated rings. The average molecular weight is 333 g/mol. The summed E-state index contributed by atoms with van der Waals surface area (Å²) in [6.45, 7) is 2.61. The molecule has 0 atom stereocenters. The van der Waals surface area contributed by atoms with Crippen LogP contribution in [0.4, 0.5) is 5.69 Å². The molecule has 118 valence electrons. The third-order valence-electron chi connectivity index (χ3n) is 4.45.